The van der Waals surface area contributed by atoms with E-state index >= 15 is 0 Å². The molecule has 6 heteroatoms. The second-order valence-corrected chi connectivity index (χ2v) is 5.56. The second kappa shape index (κ2) is 14.1. The van der Waals surface area contributed by atoms with Gasteiger partial charge in [-0.3, -0.25) is 0 Å². The fourth-order valence-corrected chi connectivity index (χ4v) is 2.43. The molecule has 0 heterocycles. The van der Waals surface area contributed by atoms with Crippen LogP contribution in [0.25, 0.3) is 0 Å². The Hall–Kier alpha value is -1.33. The molecule has 1 unspecified atom stereocenters. The molecule has 3 N–H and O–H groups in total. The number of halogens is 1. The number of nitrogens with zero attached hydrogens (tertiary/aromatic N) is 2. The first kappa shape index (κ1) is 22.7. The average molecular weight is 444 g/mol. The Balaban J connectivity index is 0.00000529. The van der Waals surface area contributed by atoms with Gasteiger partial charge in [-0.05, 0) is 43.4 Å². The maximum Gasteiger partial charge on any atom is 0.191 e. The third-order valence-electron chi connectivity index (χ3n) is 3.61. The molecule has 0 radical (unpaired) electrons. The fourth-order valence-electron chi connectivity index (χ4n) is 2.43. The number of aliphatic hydroxyl groups excluding tert-OH is 1. The topological polar surface area (TPSA) is 80.4 Å². The van der Waals surface area contributed by atoms with Crippen molar-refractivity contribution in [3.05, 3.63) is 35.4 Å². The van der Waals surface area contributed by atoms with E-state index in [2.05, 4.69) is 28.6 Å². The van der Waals surface area contributed by atoms with Gasteiger partial charge in [0, 0.05) is 19.7 Å². The number of hydrogen-bond acceptors (Lipinski definition) is 3. The van der Waals surface area contributed by atoms with E-state index < -0.39 is 0 Å². The maximum atomic E-state index is 9.13. The van der Waals surface area contributed by atoms with Crippen LogP contribution < -0.4 is 10.6 Å². The minimum absolute atomic E-state index is 0. The molecule has 0 bridgehead atoms. The lowest BCUT2D eigenvalue weighted by molar-refractivity contribution is 0.251. The summed E-state index contributed by atoms with van der Waals surface area (Å²) >= 11 is 0. The first-order valence-corrected chi connectivity index (χ1v) is 8.35. The zero-order valence-electron chi connectivity index (χ0n) is 14.6. The summed E-state index contributed by atoms with van der Waals surface area (Å²) in [6, 6.07) is 9.65. The molecular weight excluding hydrogens is 415 g/mol. The van der Waals surface area contributed by atoms with E-state index in [1.165, 1.54) is 0 Å². The smallest absolute Gasteiger partial charge is 0.191 e. The predicted molar refractivity (Wildman–Crippen MR) is 109 cm³/mol. The van der Waals surface area contributed by atoms with E-state index in [4.69, 9.17) is 10.4 Å². The van der Waals surface area contributed by atoms with Gasteiger partial charge in [0.15, 0.2) is 5.96 Å². The first-order chi connectivity index (χ1) is 11.2. The molecule has 1 aromatic carbocycles. The molecule has 0 aliphatic heterocycles. The fraction of sp³-hybridized carbons (Fsp3) is 0.556. The number of aliphatic hydroxyl groups is 1. The SMILES string of the molecule is CCCC(CCO)CNC(=NCc1cccc(C#N)c1)NCC.I. The summed E-state index contributed by atoms with van der Waals surface area (Å²) in [7, 11) is 0. The van der Waals surface area contributed by atoms with E-state index in [0.29, 0.717) is 18.0 Å². The summed E-state index contributed by atoms with van der Waals surface area (Å²) in [6.07, 6.45) is 3.02. The van der Waals surface area contributed by atoms with Gasteiger partial charge < -0.3 is 15.7 Å². The third-order valence-corrected chi connectivity index (χ3v) is 3.61. The average Bonchev–Trinajstić information content (AvgIpc) is 2.57. The van der Waals surface area contributed by atoms with Crippen molar-refractivity contribution < 1.29 is 5.11 Å². The van der Waals surface area contributed by atoms with Crippen LogP contribution in [0, 0.1) is 17.2 Å². The Morgan fingerprint density at radius 2 is 2.08 bits per heavy atom. The summed E-state index contributed by atoms with van der Waals surface area (Å²) in [5, 5.41) is 24.7. The summed E-state index contributed by atoms with van der Waals surface area (Å²) in [5.41, 5.74) is 1.67. The number of nitrogens with one attached hydrogen (secondary N) is 2. The van der Waals surface area contributed by atoms with E-state index in [1.807, 2.05) is 25.1 Å². The monoisotopic (exact) mass is 444 g/mol. The van der Waals surface area contributed by atoms with Gasteiger partial charge in [-0.2, -0.15) is 5.26 Å². The van der Waals surface area contributed by atoms with Crippen molar-refractivity contribution in [3.63, 3.8) is 0 Å². The standard InChI is InChI=1S/C18H28N4O.HI/c1-3-6-15(9-10-23)13-21-18(20-4-2)22-14-17-8-5-7-16(11-17)12-19;/h5,7-8,11,15,23H,3-4,6,9-10,13-14H2,1-2H3,(H2,20,21,22);1H. The molecule has 0 aromatic heterocycles. The summed E-state index contributed by atoms with van der Waals surface area (Å²) < 4.78 is 0. The van der Waals surface area contributed by atoms with Crippen LogP contribution in [0.4, 0.5) is 0 Å². The normalized spacial score (nSPS) is 12.0. The molecule has 5 nitrogen and oxygen atoms in total. The van der Waals surface area contributed by atoms with Crippen molar-refractivity contribution in [1.29, 1.82) is 5.26 Å². The van der Waals surface area contributed by atoms with Crippen molar-refractivity contribution in [3.8, 4) is 6.07 Å². The van der Waals surface area contributed by atoms with Gasteiger partial charge in [0.25, 0.3) is 0 Å². The van der Waals surface area contributed by atoms with Crippen LogP contribution in [-0.2, 0) is 6.54 Å². The van der Waals surface area contributed by atoms with Gasteiger partial charge in [-0.1, -0.05) is 25.5 Å². The van der Waals surface area contributed by atoms with E-state index in [-0.39, 0.29) is 30.6 Å². The molecule has 0 saturated heterocycles. The van der Waals surface area contributed by atoms with Gasteiger partial charge in [0.05, 0.1) is 18.2 Å². The summed E-state index contributed by atoms with van der Waals surface area (Å²) in [5.74, 6) is 1.23. The molecule has 1 atom stereocenters. The molecule has 0 aliphatic rings. The lowest BCUT2D eigenvalue weighted by atomic mass is 10.0. The van der Waals surface area contributed by atoms with Crippen LogP contribution in [0.1, 0.15) is 44.2 Å². The Morgan fingerprint density at radius 1 is 1.29 bits per heavy atom. The number of guanidine groups is 1. The highest BCUT2D eigenvalue weighted by Crippen LogP contribution is 2.09. The van der Waals surface area contributed by atoms with Crippen LogP contribution in [-0.4, -0.2) is 30.8 Å². The van der Waals surface area contributed by atoms with Gasteiger partial charge in [-0.15, -0.1) is 24.0 Å². The first-order valence-electron chi connectivity index (χ1n) is 8.35. The minimum atomic E-state index is 0. The van der Waals surface area contributed by atoms with Crippen molar-refractivity contribution in [2.24, 2.45) is 10.9 Å². The van der Waals surface area contributed by atoms with Gasteiger partial charge in [-0.25, -0.2) is 4.99 Å². The Labute approximate surface area is 162 Å². The van der Waals surface area contributed by atoms with E-state index in [0.717, 1.165) is 43.9 Å². The Kier molecular flexibility index (Phi) is 13.3. The Morgan fingerprint density at radius 3 is 2.71 bits per heavy atom. The van der Waals surface area contributed by atoms with Crippen LogP contribution >= 0.6 is 24.0 Å². The third kappa shape index (κ3) is 9.08. The zero-order chi connectivity index (χ0) is 16.9. The number of rotatable bonds is 9. The van der Waals surface area contributed by atoms with Crippen molar-refractivity contribution in [2.45, 2.75) is 39.7 Å². The molecule has 1 rings (SSSR count). The number of nitriles is 1. The highest BCUT2D eigenvalue weighted by atomic mass is 127. The summed E-state index contributed by atoms with van der Waals surface area (Å²) in [4.78, 5) is 4.57. The van der Waals surface area contributed by atoms with Gasteiger partial charge in [0.1, 0.15) is 0 Å². The largest absolute Gasteiger partial charge is 0.396 e. The molecule has 0 aliphatic carbocycles. The maximum absolute atomic E-state index is 9.13. The lowest BCUT2D eigenvalue weighted by Gasteiger charge is -2.18. The lowest BCUT2D eigenvalue weighted by Crippen LogP contribution is -2.40. The van der Waals surface area contributed by atoms with Gasteiger partial charge in [0.2, 0.25) is 0 Å². The van der Waals surface area contributed by atoms with E-state index in [1.54, 1.807) is 6.07 Å². The molecule has 0 amide bonds. The van der Waals surface area contributed by atoms with Crippen LogP contribution in [0.15, 0.2) is 29.3 Å². The van der Waals surface area contributed by atoms with E-state index in [9.17, 15) is 0 Å². The van der Waals surface area contributed by atoms with Crippen molar-refractivity contribution in [2.75, 3.05) is 19.7 Å². The molecule has 1 aromatic rings. The number of hydrogen-bond donors (Lipinski definition) is 3. The molecule has 0 spiro atoms. The quantitative estimate of drug-likeness (QED) is 0.311. The zero-order valence-corrected chi connectivity index (χ0v) is 16.9. The predicted octanol–water partition coefficient (Wildman–Crippen LogP) is 3.03. The minimum Gasteiger partial charge on any atom is -0.396 e. The van der Waals surface area contributed by atoms with Crippen molar-refractivity contribution in [1.82, 2.24) is 10.6 Å². The molecule has 134 valence electrons. The Bertz CT molecular complexity index is 522. The second-order valence-electron chi connectivity index (χ2n) is 5.56. The highest BCUT2D eigenvalue weighted by Gasteiger charge is 2.08. The molecule has 24 heavy (non-hydrogen) atoms. The number of benzene rings is 1. The molecule has 0 fully saturated rings. The molecule has 0 saturated carbocycles. The van der Waals surface area contributed by atoms with Crippen LogP contribution in [0.2, 0.25) is 0 Å². The van der Waals surface area contributed by atoms with Crippen LogP contribution in [0.5, 0.6) is 0 Å². The van der Waals surface area contributed by atoms with Crippen LogP contribution in [0.3, 0.4) is 0 Å². The van der Waals surface area contributed by atoms with Gasteiger partial charge >= 0.3 is 0 Å². The highest BCUT2D eigenvalue weighted by molar-refractivity contribution is 14.0. The summed E-state index contributed by atoms with van der Waals surface area (Å²) in [6.45, 7) is 6.54. The number of aliphatic imine (C=N–C) groups is 1. The van der Waals surface area contributed by atoms with Crippen molar-refractivity contribution >= 4 is 29.9 Å². The molecular formula is C18H29IN4O.